The van der Waals surface area contributed by atoms with Gasteiger partial charge in [0.25, 0.3) is 0 Å². The van der Waals surface area contributed by atoms with Crippen LogP contribution >= 0.6 is 0 Å². The van der Waals surface area contributed by atoms with E-state index in [0.717, 1.165) is 0 Å². The van der Waals surface area contributed by atoms with Gasteiger partial charge in [-0.25, -0.2) is 0 Å². The monoisotopic (exact) mass is 244 g/mol. The van der Waals surface area contributed by atoms with Crippen molar-refractivity contribution in [1.82, 2.24) is 0 Å². The summed E-state index contributed by atoms with van der Waals surface area (Å²) in [6.07, 6.45) is 0.594. The van der Waals surface area contributed by atoms with E-state index in [2.05, 4.69) is 0 Å². The van der Waals surface area contributed by atoms with Crippen LogP contribution < -0.4 is 24.8 Å². The summed E-state index contributed by atoms with van der Waals surface area (Å²) in [5, 5.41) is 26.0. The standard InChI is InChI=1S/C6H14O3.Ca.2ClH/c1-2-6(3-7,4-8)5-9;;;/h7-9H,2-5H2,1H3;;2*1H/q;+2;;/p-2. The molecule has 0 unspecified atom stereocenters. The molecule has 0 aliphatic rings. The number of rotatable bonds is 4. The molecule has 0 aromatic carbocycles. The van der Waals surface area contributed by atoms with Crippen LogP contribution in [0.5, 0.6) is 0 Å². The Balaban J connectivity index is -0.000000107. The predicted octanol–water partition coefficient (Wildman–Crippen LogP) is -7.01. The first-order chi connectivity index (χ1) is 4.24. The van der Waals surface area contributed by atoms with Gasteiger partial charge in [0.05, 0.1) is 19.8 Å². The molecular formula is C6H14CaCl2O3. The summed E-state index contributed by atoms with van der Waals surface area (Å²) in [5.74, 6) is 0. The van der Waals surface area contributed by atoms with Crippen LogP contribution in [0.3, 0.4) is 0 Å². The van der Waals surface area contributed by atoms with E-state index in [1.54, 1.807) is 0 Å². The molecule has 0 spiro atoms. The van der Waals surface area contributed by atoms with Gasteiger partial charge in [-0.05, 0) is 6.42 Å². The van der Waals surface area contributed by atoms with Gasteiger partial charge in [-0.1, -0.05) is 6.92 Å². The van der Waals surface area contributed by atoms with Crippen LogP contribution in [-0.4, -0.2) is 72.9 Å². The van der Waals surface area contributed by atoms with E-state index in [1.165, 1.54) is 0 Å². The molecule has 0 bridgehead atoms. The largest absolute Gasteiger partial charge is 2.00 e. The zero-order valence-corrected chi connectivity index (χ0v) is 10.9. The van der Waals surface area contributed by atoms with Crippen molar-refractivity contribution < 1.29 is 40.1 Å². The van der Waals surface area contributed by atoms with Crippen molar-refractivity contribution in [1.29, 1.82) is 0 Å². The van der Waals surface area contributed by atoms with Gasteiger partial charge in [-0.3, -0.25) is 0 Å². The SMILES string of the molecule is CCC(CO)(CO)CO.[Ca+2].[Cl-].[Cl-]. The normalized spacial score (nSPS) is 9.00. The Kier molecular flexibility index (Phi) is 24.9. The van der Waals surface area contributed by atoms with Gasteiger partial charge in [0, 0.05) is 5.41 Å². The molecule has 0 heterocycles. The first kappa shape index (κ1) is 23.5. The van der Waals surface area contributed by atoms with Crippen molar-refractivity contribution in [3.63, 3.8) is 0 Å². The van der Waals surface area contributed by atoms with Gasteiger partial charge >= 0.3 is 37.7 Å². The topological polar surface area (TPSA) is 60.7 Å². The number of aliphatic hydroxyl groups excluding tert-OH is 3. The maximum absolute atomic E-state index is 8.66. The summed E-state index contributed by atoms with van der Waals surface area (Å²) in [6, 6.07) is 0. The quantitative estimate of drug-likeness (QED) is 0.431. The fourth-order valence-corrected chi connectivity index (χ4v) is 0.485. The van der Waals surface area contributed by atoms with Crippen LogP contribution in [-0.2, 0) is 0 Å². The molecule has 0 fully saturated rings. The molecule has 0 radical (unpaired) electrons. The fraction of sp³-hybridized carbons (Fsp3) is 1.00. The van der Waals surface area contributed by atoms with Crippen LogP contribution in [0.4, 0.5) is 0 Å². The second-order valence-corrected chi connectivity index (χ2v) is 2.33. The molecule has 12 heavy (non-hydrogen) atoms. The molecular weight excluding hydrogens is 231 g/mol. The maximum atomic E-state index is 8.66. The molecule has 6 heteroatoms. The number of halogens is 2. The van der Waals surface area contributed by atoms with Crippen LogP contribution in [0.1, 0.15) is 13.3 Å². The Hall–Kier alpha value is 1.72. The summed E-state index contributed by atoms with van der Waals surface area (Å²) < 4.78 is 0. The summed E-state index contributed by atoms with van der Waals surface area (Å²) in [4.78, 5) is 0. The van der Waals surface area contributed by atoms with Gasteiger partial charge in [-0.2, -0.15) is 0 Å². The second-order valence-electron chi connectivity index (χ2n) is 2.33. The minimum atomic E-state index is -0.667. The van der Waals surface area contributed by atoms with E-state index in [4.69, 9.17) is 15.3 Å². The van der Waals surface area contributed by atoms with E-state index >= 15 is 0 Å². The Morgan fingerprint density at radius 3 is 1.17 bits per heavy atom. The molecule has 0 amide bonds. The minimum Gasteiger partial charge on any atom is -1.00 e. The van der Waals surface area contributed by atoms with Gasteiger partial charge in [0.2, 0.25) is 0 Å². The average Bonchev–Trinajstić information content (AvgIpc) is 1.95. The molecule has 0 saturated carbocycles. The van der Waals surface area contributed by atoms with E-state index < -0.39 is 5.41 Å². The van der Waals surface area contributed by atoms with Gasteiger partial charge < -0.3 is 40.1 Å². The molecule has 0 saturated heterocycles. The van der Waals surface area contributed by atoms with Crippen LogP contribution in [0.25, 0.3) is 0 Å². The average molecular weight is 245 g/mol. The Morgan fingerprint density at radius 1 is 0.917 bits per heavy atom. The number of hydrogen-bond acceptors (Lipinski definition) is 3. The third kappa shape index (κ3) is 7.15. The first-order valence-electron chi connectivity index (χ1n) is 3.07. The fourth-order valence-electron chi connectivity index (χ4n) is 0.485. The van der Waals surface area contributed by atoms with Crippen LogP contribution in [0.15, 0.2) is 0 Å². The first-order valence-corrected chi connectivity index (χ1v) is 3.07. The zero-order valence-electron chi connectivity index (χ0n) is 7.13. The van der Waals surface area contributed by atoms with E-state index in [9.17, 15) is 0 Å². The molecule has 0 aliphatic carbocycles. The maximum Gasteiger partial charge on any atom is 2.00 e. The molecule has 3 nitrogen and oxygen atoms in total. The van der Waals surface area contributed by atoms with Gasteiger partial charge in [0.1, 0.15) is 0 Å². The third-order valence-corrected chi connectivity index (χ3v) is 1.76. The summed E-state index contributed by atoms with van der Waals surface area (Å²) in [5.41, 5.74) is -0.667. The molecule has 0 rings (SSSR count). The van der Waals surface area contributed by atoms with Crippen molar-refractivity contribution in [2.45, 2.75) is 13.3 Å². The Morgan fingerprint density at radius 2 is 1.17 bits per heavy atom. The van der Waals surface area contributed by atoms with Crippen molar-refractivity contribution in [2.24, 2.45) is 5.41 Å². The zero-order chi connectivity index (χ0) is 7.33. The van der Waals surface area contributed by atoms with E-state index in [-0.39, 0.29) is 82.4 Å². The molecule has 0 atom stereocenters. The second kappa shape index (κ2) is 12.7. The summed E-state index contributed by atoms with van der Waals surface area (Å²) in [7, 11) is 0. The minimum absolute atomic E-state index is 0. The third-order valence-electron chi connectivity index (χ3n) is 1.76. The molecule has 0 aromatic rings. The van der Waals surface area contributed by atoms with Crippen molar-refractivity contribution >= 4 is 37.7 Å². The molecule has 0 aromatic heterocycles. The molecule has 72 valence electrons. The van der Waals surface area contributed by atoms with Crippen molar-refractivity contribution in [2.75, 3.05) is 19.8 Å². The summed E-state index contributed by atoms with van der Waals surface area (Å²) in [6.45, 7) is 1.35. The Labute approximate surface area is 115 Å². The van der Waals surface area contributed by atoms with E-state index in [1.807, 2.05) is 6.92 Å². The number of hydrogen-bond donors (Lipinski definition) is 3. The Bertz CT molecular complexity index is 63.7. The van der Waals surface area contributed by atoms with E-state index in [0.29, 0.717) is 6.42 Å². The molecule has 0 aliphatic heterocycles. The van der Waals surface area contributed by atoms with Gasteiger partial charge in [-0.15, -0.1) is 0 Å². The van der Waals surface area contributed by atoms with Crippen LogP contribution in [0, 0.1) is 5.41 Å². The molecule has 3 N–H and O–H groups in total. The van der Waals surface area contributed by atoms with Crippen molar-refractivity contribution in [3.05, 3.63) is 0 Å². The van der Waals surface area contributed by atoms with Gasteiger partial charge in [0.15, 0.2) is 0 Å². The smallest absolute Gasteiger partial charge is 1.00 e. The predicted molar refractivity (Wildman–Crippen MR) is 39.7 cm³/mol. The van der Waals surface area contributed by atoms with Crippen LogP contribution in [0.2, 0.25) is 0 Å². The summed E-state index contributed by atoms with van der Waals surface area (Å²) >= 11 is 0. The van der Waals surface area contributed by atoms with Crippen molar-refractivity contribution in [3.8, 4) is 0 Å². The number of aliphatic hydroxyl groups is 3.